The first-order chi connectivity index (χ1) is 6.86. The maximum absolute atomic E-state index is 11.6. The van der Waals surface area contributed by atoms with Gasteiger partial charge in [-0.3, -0.25) is 0 Å². The molecule has 2 aromatic rings. The van der Waals surface area contributed by atoms with Gasteiger partial charge in [-0.1, -0.05) is 28.8 Å². The van der Waals surface area contributed by atoms with Crippen molar-refractivity contribution in [2.75, 3.05) is 0 Å². The molecular weight excluding hydrogens is 191 g/mol. The molecule has 0 radical (unpaired) electrons. The molecule has 1 aliphatic rings. The highest BCUT2D eigenvalue weighted by atomic mass is 31.1. The maximum Gasteiger partial charge on any atom is 0.408 e. The van der Waals surface area contributed by atoms with Gasteiger partial charge in [0, 0.05) is 5.56 Å². The fourth-order valence-electron chi connectivity index (χ4n) is 1.87. The normalized spacial score (nSPS) is 16.1. The highest BCUT2D eigenvalue weighted by Gasteiger charge is 2.27. The molecule has 0 saturated carbocycles. The summed E-state index contributed by atoms with van der Waals surface area (Å²) in [7, 11) is -1.28. The molecule has 1 aliphatic heterocycles. The van der Waals surface area contributed by atoms with Crippen LogP contribution in [0.15, 0.2) is 42.2 Å². The van der Waals surface area contributed by atoms with Crippen molar-refractivity contribution in [1.82, 2.24) is 0 Å². The summed E-state index contributed by atoms with van der Waals surface area (Å²) in [6.45, 7) is 0. The molecule has 1 unspecified atom stereocenters. The zero-order chi connectivity index (χ0) is 9.54. The lowest BCUT2D eigenvalue weighted by Crippen LogP contribution is -1.97. The third-order valence-corrected chi connectivity index (χ3v) is 3.85. The van der Waals surface area contributed by atoms with Crippen molar-refractivity contribution < 1.29 is 4.57 Å². The standard InChI is InChI=1S/C12H8OP/c13-14-8-7-11-10-4-2-1-3-9(10)5-6-12(11)14/h1-8H/q+1. The summed E-state index contributed by atoms with van der Waals surface area (Å²) in [6.07, 6.45) is 1.97. The third kappa shape index (κ3) is 0.964. The second-order valence-electron chi connectivity index (χ2n) is 3.36. The van der Waals surface area contributed by atoms with Gasteiger partial charge in [0.15, 0.2) is 5.82 Å². The van der Waals surface area contributed by atoms with E-state index in [0.29, 0.717) is 0 Å². The summed E-state index contributed by atoms with van der Waals surface area (Å²) in [5.41, 5.74) is 1.13. The van der Waals surface area contributed by atoms with Gasteiger partial charge in [-0.05, 0) is 29.0 Å². The molecule has 0 aromatic heterocycles. The summed E-state index contributed by atoms with van der Waals surface area (Å²) >= 11 is 0. The van der Waals surface area contributed by atoms with E-state index < -0.39 is 7.80 Å². The molecule has 0 saturated heterocycles. The van der Waals surface area contributed by atoms with Crippen LogP contribution >= 0.6 is 7.80 Å². The molecule has 1 heterocycles. The number of benzene rings is 2. The number of hydrogen-bond acceptors (Lipinski definition) is 1. The largest absolute Gasteiger partial charge is 0.408 e. The molecular formula is C12H8OP+. The van der Waals surface area contributed by atoms with E-state index in [1.54, 1.807) is 5.82 Å². The average molecular weight is 199 g/mol. The minimum absolute atomic E-state index is 0.971. The predicted octanol–water partition coefficient (Wildman–Crippen LogP) is 3.28. The van der Waals surface area contributed by atoms with Crippen LogP contribution < -0.4 is 5.30 Å². The average Bonchev–Trinajstić information content (AvgIpc) is 2.61. The summed E-state index contributed by atoms with van der Waals surface area (Å²) in [5.74, 6) is 1.78. The SMILES string of the molecule is O=[P+]1C=Cc2c1ccc1ccccc21. The van der Waals surface area contributed by atoms with Crippen molar-refractivity contribution in [2.24, 2.45) is 0 Å². The fraction of sp³-hybridized carbons (Fsp3) is 0. The van der Waals surface area contributed by atoms with E-state index in [9.17, 15) is 4.57 Å². The van der Waals surface area contributed by atoms with Gasteiger partial charge in [0.25, 0.3) is 0 Å². The van der Waals surface area contributed by atoms with Crippen molar-refractivity contribution in [3.05, 3.63) is 47.8 Å². The van der Waals surface area contributed by atoms with E-state index in [-0.39, 0.29) is 0 Å². The van der Waals surface area contributed by atoms with Crippen molar-refractivity contribution in [1.29, 1.82) is 0 Å². The third-order valence-electron chi connectivity index (χ3n) is 2.56. The molecule has 0 aliphatic carbocycles. The number of hydrogen-bond donors (Lipinski definition) is 0. The lowest BCUT2D eigenvalue weighted by Gasteiger charge is -1.98. The number of rotatable bonds is 0. The van der Waals surface area contributed by atoms with E-state index >= 15 is 0 Å². The van der Waals surface area contributed by atoms with Crippen LogP contribution in [-0.4, -0.2) is 0 Å². The van der Waals surface area contributed by atoms with Gasteiger partial charge in [-0.25, -0.2) is 0 Å². The quantitative estimate of drug-likeness (QED) is 0.595. The maximum atomic E-state index is 11.6. The van der Waals surface area contributed by atoms with Gasteiger partial charge in [0.1, 0.15) is 0 Å². The molecule has 0 N–H and O–H groups in total. The molecule has 0 spiro atoms. The topological polar surface area (TPSA) is 17.1 Å². The Balaban J connectivity index is 2.49. The summed E-state index contributed by atoms with van der Waals surface area (Å²) in [6, 6.07) is 12.2. The molecule has 1 atom stereocenters. The van der Waals surface area contributed by atoms with Crippen LogP contribution in [0.4, 0.5) is 0 Å². The monoisotopic (exact) mass is 199 g/mol. The van der Waals surface area contributed by atoms with Gasteiger partial charge in [0.2, 0.25) is 5.30 Å². The van der Waals surface area contributed by atoms with E-state index in [1.165, 1.54) is 10.8 Å². The first kappa shape index (κ1) is 7.90. The highest BCUT2D eigenvalue weighted by Crippen LogP contribution is 2.35. The highest BCUT2D eigenvalue weighted by molar-refractivity contribution is 7.57. The minimum atomic E-state index is -1.28. The molecule has 2 heteroatoms. The number of fused-ring (bicyclic) bond motifs is 3. The zero-order valence-electron chi connectivity index (χ0n) is 7.47. The van der Waals surface area contributed by atoms with Crippen LogP contribution in [0.5, 0.6) is 0 Å². The molecule has 66 valence electrons. The summed E-state index contributed by atoms with van der Waals surface area (Å²) in [4.78, 5) is 0. The first-order valence-electron chi connectivity index (χ1n) is 4.52. The Morgan fingerprint density at radius 3 is 2.79 bits per heavy atom. The Bertz CT molecular complexity index is 570. The van der Waals surface area contributed by atoms with Crippen molar-refractivity contribution in [3.8, 4) is 0 Å². The Morgan fingerprint density at radius 1 is 1.00 bits per heavy atom. The second-order valence-corrected chi connectivity index (χ2v) is 4.79. The van der Waals surface area contributed by atoms with Crippen LogP contribution in [0, 0.1) is 0 Å². The van der Waals surface area contributed by atoms with Gasteiger partial charge in [-0.15, -0.1) is 0 Å². The van der Waals surface area contributed by atoms with Crippen molar-refractivity contribution >= 4 is 30.0 Å². The Labute approximate surface area is 82.9 Å². The Morgan fingerprint density at radius 2 is 1.86 bits per heavy atom. The van der Waals surface area contributed by atoms with E-state index in [1.807, 2.05) is 30.3 Å². The van der Waals surface area contributed by atoms with Gasteiger partial charge < -0.3 is 0 Å². The first-order valence-corrected chi connectivity index (χ1v) is 5.85. The van der Waals surface area contributed by atoms with Gasteiger partial charge in [0.05, 0.1) is 0 Å². The van der Waals surface area contributed by atoms with Crippen LogP contribution in [0.25, 0.3) is 16.8 Å². The lowest BCUT2D eigenvalue weighted by atomic mass is 10.1. The molecule has 2 aromatic carbocycles. The van der Waals surface area contributed by atoms with Crippen LogP contribution in [0.2, 0.25) is 0 Å². The Kier molecular flexibility index (Phi) is 1.56. The zero-order valence-corrected chi connectivity index (χ0v) is 8.37. The van der Waals surface area contributed by atoms with E-state index in [4.69, 9.17) is 0 Å². The lowest BCUT2D eigenvalue weighted by molar-refractivity contribution is 0.598. The smallest absolute Gasteiger partial charge is 0.0619 e. The van der Waals surface area contributed by atoms with Crippen molar-refractivity contribution in [2.45, 2.75) is 0 Å². The van der Waals surface area contributed by atoms with Gasteiger partial charge in [-0.2, -0.15) is 0 Å². The molecule has 14 heavy (non-hydrogen) atoms. The molecule has 0 bridgehead atoms. The van der Waals surface area contributed by atoms with Crippen LogP contribution in [0.1, 0.15) is 5.56 Å². The molecule has 1 nitrogen and oxygen atoms in total. The Hall–Kier alpha value is -1.46. The predicted molar refractivity (Wildman–Crippen MR) is 60.2 cm³/mol. The molecule has 0 fully saturated rings. The second kappa shape index (κ2) is 2.76. The van der Waals surface area contributed by atoms with Crippen LogP contribution in [-0.2, 0) is 4.57 Å². The summed E-state index contributed by atoms with van der Waals surface area (Å²) < 4.78 is 11.6. The molecule has 3 rings (SSSR count). The van der Waals surface area contributed by atoms with E-state index in [0.717, 1.165) is 10.9 Å². The van der Waals surface area contributed by atoms with Crippen molar-refractivity contribution in [3.63, 3.8) is 0 Å². The minimum Gasteiger partial charge on any atom is -0.0619 e. The van der Waals surface area contributed by atoms with Crippen LogP contribution in [0.3, 0.4) is 0 Å². The van der Waals surface area contributed by atoms with E-state index in [2.05, 4.69) is 12.1 Å². The molecule has 0 amide bonds. The van der Waals surface area contributed by atoms with Gasteiger partial charge >= 0.3 is 7.80 Å². The summed E-state index contributed by atoms with van der Waals surface area (Å²) in [5, 5.41) is 3.38. The fourth-order valence-corrected chi connectivity index (χ4v) is 2.97.